The Morgan fingerprint density at radius 3 is 2.66 bits per heavy atom. The van der Waals surface area contributed by atoms with Crippen molar-refractivity contribution < 1.29 is 4.79 Å². The average Bonchev–Trinajstić information content (AvgIpc) is 3.30. The predicted molar refractivity (Wildman–Crippen MR) is 124 cm³/mol. The van der Waals surface area contributed by atoms with Crippen molar-refractivity contribution >= 4 is 67.8 Å². The van der Waals surface area contributed by atoms with E-state index in [4.69, 9.17) is 23.2 Å². The Kier molecular flexibility index (Phi) is 6.51. The third kappa shape index (κ3) is 4.80. The van der Waals surface area contributed by atoms with Crippen LogP contribution in [0.3, 0.4) is 0 Å². The molecule has 5 nitrogen and oxygen atoms in total. The summed E-state index contributed by atoms with van der Waals surface area (Å²) in [4.78, 5) is 14.0. The van der Waals surface area contributed by atoms with Crippen LogP contribution in [0, 0.1) is 5.92 Å². The number of anilines is 1. The van der Waals surface area contributed by atoms with Crippen molar-refractivity contribution in [1.29, 1.82) is 0 Å². The van der Waals surface area contributed by atoms with Crippen molar-refractivity contribution in [1.82, 2.24) is 10.4 Å². The number of hydrazine groups is 1. The van der Waals surface area contributed by atoms with Crippen molar-refractivity contribution in [3.63, 3.8) is 0 Å². The van der Waals surface area contributed by atoms with E-state index in [1.165, 1.54) is 0 Å². The Morgan fingerprint density at radius 1 is 1.24 bits per heavy atom. The van der Waals surface area contributed by atoms with Crippen LogP contribution in [0.1, 0.15) is 37.1 Å². The van der Waals surface area contributed by atoms with E-state index in [1.807, 2.05) is 22.2 Å². The second-order valence-corrected chi connectivity index (χ2v) is 10.8. The number of halogens is 3. The van der Waals surface area contributed by atoms with Gasteiger partial charge in [-0.1, -0.05) is 30.1 Å². The Labute approximate surface area is 192 Å². The van der Waals surface area contributed by atoms with Gasteiger partial charge < -0.3 is 0 Å². The molecule has 1 aromatic carbocycles. The molecule has 154 valence electrons. The van der Waals surface area contributed by atoms with Crippen LogP contribution in [0.5, 0.6) is 0 Å². The summed E-state index contributed by atoms with van der Waals surface area (Å²) < 4.78 is 1.04. The smallest absolute Gasteiger partial charge is 0.281 e. The minimum atomic E-state index is -0.146. The molecule has 2 aliphatic rings. The molecule has 1 atom stereocenters. The summed E-state index contributed by atoms with van der Waals surface area (Å²) in [6.45, 7) is 3.99. The van der Waals surface area contributed by atoms with Crippen LogP contribution in [0.25, 0.3) is 0 Å². The number of hydrogen-bond donors (Lipinski definition) is 1. The van der Waals surface area contributed by atoms with Gasteiger partial charge in [0.1, 0.15) is 5.71 Å². The van der Waals surface area contributed by atoms with Gasteiger partial charge in [0.05, 0.1) is 20.5 Å². The number of hydrogen-bond acceptors (Lipinski definition) is 5. The predicted octanol–water partition coefficient (Wildman–Crippen LogP) is 5.89. The SMILES string of the molecule is CC1CCN(NC(=O)C2=NN(c3ccc(Cl)cc3Cl)C(c3ccc(Br)s3)C2)CC1. The summed E-state index contributed by atoms with van der Waals surface area (Å²) in [5.41, 5.74) is 4.27. The molecule has 1 aromatic heterocycles. The summed E-state index contributed by atoms with van der Waals surface area (Å²) in [5.74, 6) is 0.559. The fourth-order valence-electron chi connectivity index (χ4n) is 3.59. The van der Waals surface area contributed by atoms with E-state index in [0.29, 0.717) is 28.1 Å². The molecule has 3 heterocycles. The molecule has 0 bridgehead atoms. The summed E-state index contributed by atoms with van der Waals surface area (Å²) in [6.07, 6.45) is 2.69. The molecule has 0 spiro atoms. The molecular weight excluding hydrogens is 495 g/mol. The second-order valence-electron chi connectivity index (χ2n) is 7.46. The molecule has 0 radical (unpaired) electrons. The number of carbonyl (C=O) groups excluding carboxylic acids is 1. The van der Waals surface area contributed by atoms with Gasteiger partial charge in [0, 0.05) is 29.4 Å². The molecule has 1 amide bonds. The highest BCUT2D eigenvalue weighted by Gasteiger charge is 2.35. The van der Waals surface area contributed by atoms with Crippen LogP contribution in [0.15, 0.2) is 39.2 Å². The maximum Gasteiger partial charge on any atom is 0.281 e. The third-order valence-corrected chi connectivity index (χ3v) is 7.56. The normalized spacial score (nSPS) is 20.8. The number of nitrogens with one attached hydrogen (secondary N) is 1. The van der Waals surface area contributed by atoms with Crippen molar-refractivity contribution in [3.8, 4) is 0 Å². The van der Waals surface area contributed by atoms with Gasteiger partial charge in [-0.3, -0.25) is 15.2 Å². The van der Waals surface area contributed by atoms with Crippen LogP contribution in [-0.2, 0) is 4.79 Å². The molecule has 1 unspecified atom stereocenters. The number of carbonyl (C=O) groups is 1. The number of amides is 1. The van der Waals surface area contributed by atoms with E-state index in [0.717, 1.165) is 40.3 Å². The van der Waals surface area contributed by atoms with Gasteiger partial charge in [0.15, 0.2) is 0 Å². The Morgan fingerprint density at radius 2 is 2.00 bits per heavy atom. The number of rotatable bonds is 4. The van der Waals surface area contributed by atoms with Gasteiger partial charge in [-0.15, -0.1) is 11.3 Å². The van der Waals surface area contributed by atoms with Crippen LogP contribution >= 0.6 is 50.5 Å². The molecule has 0 aliphatic carbocycles. The first-order valence-corrected chi connectivity index (χ1v) is 11.9. The van der Waals surface area contributed by atoms with E-state index in [2.05, 4.69) is 39.4 Å². The van der Waals surface area contributed by atoms with Gasteiger partial charge in [0.25, 0.3) is 5.91 Å². The molecule has 0 saturated carbocycles. The molecule has 29 heavy (non-hydrogen) atoms. The Hall–Kier alpha value is -1.12. The maximum absolute atomic E-state index is 12.9. The zero-order valence-electron chi connectivity index (χ0n) is 15.9. The summed E-state index contributed by atoms with van der Waals surface area (Å²) in [7, 11) is 0. The van der Waals surface area contributed by atoms with Crippen molar-refractivity contribution in [2.24, 2.45) is 11.0 Å². The zero-order chi connectivity index (χ0) is 20.5. The fourth-order valence-corrected chi connectivity index (χ4v) is 5.60. The topological polar surface area (TPSA) is 47.9 Å². The lowest BCUT2D eigenvalue weighted by Crippen LogP contribution is -2.48. The first kappa shape index (κ1) is 21.1. The van der Waals surface area contributed by atoms with Crippen molar-refractivity contribution in [2.75, 3.05) is 18.1 Å². The van der Waals surface area contributed by atoms with Gasteiger partial charge in [-0.2, -0.15) is 5.10 Å². The summed E-state index contributed by atoms with van der Waals surface area (Å²) in [5, 5.41) is 9.58. The van der Waals surface area contributed by atoms with Crippen molar-refractivity contribution in [2.45, 2.75) is 32.2 Å². The van der Waals surface area contributed by atoms with E-state index < -0.39 is 0 Å². The van der Waals surface area contributed by atoms with Crippen LogP contribution in [0.4, 0.5) is 5.69 Å². The highest BCUT2D eigenvalue weighted by molar-refractivity contribution is 9.11. The second kappa shape index (κ2) is 8.94. The van der Waals surface area contributed by atoms with E-state index >= 15 is 0 Å². The summed E-state index contributed by atoms with van der Waals surface area (Å²) >= 11 is 17.7. The van der Waals surface area contributed by atoms with Crippen LogP contribution in [0.2, 0.25) is 10.0 Å². The molecule has 1 fully saturated rings. The van der Waals surface area contributed by atoms with Crippen LogP contribution in [-0.4, -0.2) is 29.7 Å². The zero-order valence-corrected chi connectivity index (χ0v) is 19.8. The lowest BCUT2D eigenvalue weighted by molar-refractivity contribution is -0.120. The molecule has 2 aliphatic heterocycles. The lowest BCUT2D eigenvalue weighted by Gasteiger charge is -2.30. The number of benzene rings is 1. The molecule has 4 rings (SSSR count). The van der Waals surface area contributed by atoms with Crippen LogP contribution < -0.4 is 10.4 Å². The highest BCUT2D eigenvalue weighted by Crippen LogP contribution is 2.42. The Bertz CT molecular complexity index is 942. The molecule has 1 saturated heterocycles. The molecule has 1 N–H and O–H groups in total. The Balaban J connectivity index is 1.58. The van der Waals surface area contributed by atoms with Gasteiger partial charge >= 0.3 is 0 Å². The van der Waals surface area contributed by atoms with E-state index in [9.17, 15) is 4.79 Å². The van der Waals surface area contributed by atoms with E-state index in [1.54, 1.807) is 23.5 Å². The summed E-state index contributed by atoms with van der Waals surface area (Å²) in [6, 6.07) is 9.30. The average molecular weight is 516 g/mol. The maximum atomic E-state index is 12.9. The standard InChI is InChI=1S/C20H21BrCl2N4OS/c1-12-6-8-26(9-7-12)25-20(28)15-11-17(18-4-5-19(21)29-18)27(24-15)16-3-2-13(22)10-14(16)23/h2-5,10,12,17H,6-9,11H2,1H3,(H,25,28). The quantitative estimate of drug-likeness (QED) is 0.552. The van der Waals surface area contributed by atoms with Crippen molar-refractivity contribution in [3.05, 3.63) is 49.0 Å². The van der Waals surface area contributed by atoms with Gasteiger partial charge in [-0.05, 0) is 65.0 Å². The fraction of sp³-hybridized carbons (Fsp3) is 0.400. The minimum Gasteiger partial charge on any atom is -0.284 e. The largest absolute Gasteiger partial charge is 0.284 e. The molecule has 9 heteroatoms. The monoisotopic (exact) mass is 514 g/mol. The lowest BCUT2D eigenvalue weighted by atomic mass is 10.0. The molecule has 2 aromatic rings. The van der Waals surface area contributed by atoms with E-state index in [-0.39, 0.29) is 11.9 Å². The minimum absolute atomic E-state index is 0.0906. The first-order valence-electron chi connectivity index (χ1n) is 9.53. The highest BCUT2D eigenvalue weighted by atomic mass is 79.9. The number of thiophene rings is 1. The first-order chi connectivity index (χ1) is 13.9. The number of piperidine rings is 1. The third-order valence-electron chi connectivity index (χ3n) is 5.29. The van der Waals surface area contributed by atoms with Gasteiger partial charge in [0.2, 0.25) is 0 Å². The molecular formula is C20H21BrCl2N4OS. The van der Waals surface area contributed by atoms with Gasteiger partial charge in [-0.25, -0.2) is 5.01 Å². The number of nitrogens with zero attached hydrogens (tertiary/aromatic N) is 3. The number of hydrazone groups is 1.